The Kier molecular flexibility index (Phi) is 4.00. The van der Waals surface area contributed by atoms with Crippen molar-refractivity contribution in [2.45, 2.75) is 19.5 Å². The van der Waals surface area contributed by atoms with Crippen LogP contribution in [0.25, 0.3) is 21.5 Å². The third kappa shape index (κ3) is 2.91. The van der Waals surface area contributed by atoms with Gasteiger partial charge in [0.25, 0.3) is 0 Å². The molecule has 26 heavy (non-hydrogen) atoms. The van der Waals surface area contributed by atoms with Crippen LogP contribution in [0.5, 0.6) is 0 Å². The smallest absolute Gasteiger partial charge is 0.159 e. The molecule has 0 saturated carbocycles. The predicted octanol–water partition coefficient (Wildman–Crippen LogP) is 4.92. The molecule has 0 amide bonds. The summed E-state index contributed by atoms with van der Waals surface area (Å²) < 4.78 is 1.37. The normalized spacial score (nSPS) is 14.5. The number of hydrogen-bond acceptors (Lipinski definition) is 4. The standard InChI is InChI=1S/C22H19N3S/c1-2-6-16(7-3-1)22-23-12-17-13-25(11-10-20(17)24-22)14-18-15-26-21-9-5-4-8-19(18)21/h1-9,12,15H,10-11,13-14H2. The number of aromatic nitrogens is 2. The van der Waals surface area contributed by atoms with Gasteiger partial charge >= 0.3 is 0 Å². The lowest BCUT2D eigenvalue weighted by molar-refractivity contribution is 0.244. The molecule has 0 radical (unpaired) electrons. The van der Waals surface area contributed by atoms with Gasteiger partial charge in [0, 0.05) is 48.1 Å². The molecule has 3 heterocycles. The Hall–Kier alpha value is -2.56. The van der Waals surface area contributed by atoms with Gasteiger partial charge in [-0.25, -0.2) is 9.97 Å². The molecule has 4 heteroatoms. The van der Waals surface area contributed by atoms with Crippen LogP contribution in [0, 0.1) is 0 Å². The van der Waals surface area contributed by atoms with E-state index < -0.39 is 0 Å². The van der Waals surface area contributed by atoms with Gasteiger partial charge in [-0.15, -0.1) is 11.3 Å². The lowest BCUT2D eigenvalue weighted by Crippen LogP contribution is -2.30. The zero-order valence-corrected chi connectivity index (χ0v) is 15.2. The molecule has 3 nitrogen and oxygen atoms in total. The average molecular weight is 357 g/mol. The van der Waals surface area contributed by atoms with Crippen LogP contribution in [0.2, 0.25) is 0 Å². The van der Waals surface area contributed by atoms with E-state index in [1.165, 1.54) is 26.9 Å². The van der Waals surface area contributed by atoms with Gasteiger partial charge in [-0.05, 0) is 22.4 Å². The lowest BCUT2D eigenvalue weighted by Gasteiger charge is -2.28. The van der Waals surface area contributed by atoms with E-state index in [-0.39, 0.29) is 0 Å². The van der Waals surface area contributed by atoms with E-state index in [9.17, 15) is 0 Å². The van der Waals surface area contributed by atoms with Crippen molar-refractivity contribution in [1.29, 1.82) is 0 Å². The molecule has 0 spiro atoms. The molecule has 2 aromatic carbocycles. The predicted molar refractivity (Wildman–Crippen MR) is 107 cm³/mol. The molecule has 5 rings (SSSR count). The average Bonchev–Trinajstić information content (AvgIpc) is 3.11. The Morgan fingerprint density at radius 2 is 1.85 bits per heavy atom. The molecule has 128 valence electrons. The lowest BCUT2D eigenvalue weighted by atomic mass is 10.1. The summed E-state index contributed by atoms with van der Waals surface area (Å²) in [6, 6.07) is 18.9. The summed E-state index contributed by atoms with van der Waals surface area (Å²) in [5.41, 5.74) is 4.97. The Bertz CT molecular complexity index is 1060. The molecule has 0 unspecified atom stereocenters. The molecular weight excluding hydrogens is 338 g/mol. The molecule has 1 aliphatic rings. The van der Waals surface area contributed by atoms with Crippen molar-refractivity contribution in [3.8, 4) is 11.4 Å². The Morgan fingerprint density at radius 1 is 1.00 bits per heavy atom. The van der Waals surface area contributed by atoms with Gasteiger partial charge in [0.05, 0.1) is 5.69 Å². The molecule has 1 aliphatic heterocycles. The second-order valence-corrected chi connectivity index (χ2v) is 7.66. The van der Waals surface area contributed by atoms with Gasteiger partial charge in [0.15, 0.2) is 5.82 Å². The third-order valence-corrected chi connectivity index (χ3v) is 6.01. The molecular formula is C22H19N3S. The fourth-order valence-corrected chi connectivity index (χ4v) is 4.59. The summed E-state index contributed by atoms with van der Waals surface area (Å²) in [4.78, 5) is 11.9. The monoisotopic (exact) mass is 357 g/mol. The fourth-order valence-electron chi connectivity index (χ4n) is 3.63. The summed E-state index contributed by atoms with van der Waals surface area (Å²) in [7, 11) is 0. The Labute approximate surface area is 157 Å². The molecule has 2 aromatic heterocycles. The summed E-state index contributed by atoms with van der Waals surface area (Å²) in [5.74, 6) is 0.835. The van der Waals surface area contributed by atoms with Crippen LogP contribution in [0.1, 0.15) is 16.8 Å². The molecule has 0 bridgehead atoms. The maximum atomic E-state index is 4.83. The van der Waals surface area contributed by atoms with E-state index in [2.05, 4.69) is 51.7 Å². The fraction of sp³-hybridized carbons (Fsp3) is 0.182. The van der Waals surface area contributed by atoms with E-state index >= 15 is 0 Å². The second kappa shape index (κ2) is 6.63. The van der Waals surface area contributed by atoms with Crippen molar-refractivity contribution >= 4 is 21.4 Å². The maximum Gasteiger partial charge on any atom is 0.159 e. The van der Waals surface area contributed by atoms with Gasteiger partial charge in [0.2, 0.25) is 0 Å². The van der Waals surface area contributed by atoms with E-state index in [1.807, 2.05) is 35.7 Å². The summed E-state index contributed by atoms with van der Waals surface area (Å²) >= 11 is 1.84. The first-order valence-electron chi connectivity index (χ1n) is 8.94. The first-order valence-corrected chi connectivity index (χ1v) is 9.82. The van der Waals surface area contributed by atoms with Crippen molar-refractivity contribution in [2.24, 2.45) is 0 Å². The SMILES string of the molecule is c1ccc(-c2ncc3c(n2)CCN(Cc2csc4ccccc24)C3)cc1. The number of nitrogens with zero attached hydrogens (tertiary/aromatic N) is 3. The second-order valence-electron chi connectivity index (χ2n) is 6.75. The zero-order valence-electron chi connectivity index (χ0n) is 14.4. The Morgan fingerprint density at radius 3 is 2.77 bits per heavy atom. The van der Waals surface area contributed by atoms with Gasteiger partial charge in [-0.1, -0.05) is 48.5 Å². The molecule has 0 saturated heterocycles. The number of benzene rings is 2. The highest BCUT2D eigenvalue weighted by atomic mass is 32.1. The topological polar surface area (TPSA) is 29.0 Å². The van der Waals surface area contributed by atoms with Crippen molar-refractivity contribution in [2.75, 3.05) is 6.54 Å². The quantitative estimate of drug-likeness (QED) is 0.521. The first-order chi connectivity index (χ1) is 12.9. The number of rotatable bonds is 3. The molecule has 0 atom stereocenters. The minimum Gasteiger partial charge on any atom is -0.294 e. The highest BCUT2D eigenvalue weighted by Crippen LogP contribution is 2.28. The summed E-state index contributed by atoms with van der Waals surface area (Å²) in [6.07, 6.45) is 3.00. The van der Waals surface area contributed by atoms with Crippen LogP contribution >= 0.6 is 11.3 Å². The van der Waals surface area contributed by atoms with Crippen molar-refractivity contribution in [3.05, 3.63) is 83.0 Å². The largest absolute Gasteiger partial charge is 0.294 e. The summed E-state index contributed by atoms with van der Waals surface area (Å²) in [6.45, 7) is 2.96. The molecule has 0 fully saturated rings. The van der Waals surface area contributed by atoms with Gasteiger partial charge in [-0.3, -0.25) is 4.90 Å². The maximum absolute atomic E-state index is 4.83. The number of thiophene rings is 1. The van der Waals surface area contributed by atoms with Crippen molar-refractivity contribution in [1.82, 2.24) is 14.9 Å². The zero-order chi connectivity index (χ0) is 17.3. The minimum atomic E-state index is 0.835. The van der Waals surface area contributed by atoms with Crippen LogP contribution < -0.4 is 0 Å². The molecule has 4 aromatic rings. The van der Waals surface area contributed by atoms with Gasteiger partial charge in [-0.2, -0.15) is 0 Å². The van der Waals surface area contributed by atoms with E-state index in [0.29, 0.717) is 0 Å². The first kappa shape index (κ1) is 15.7. The van der Waals surface area contributed by atoms with Gasteiger partial charge < -0.3 is 0 Å². The molecule has 0 aliphatic carbocycles. The van der Waals surface area contributed by atoms with Crippen LogP contribution in [0.4, 0.5) is 0 Å². The van der Waals surface area contributed by atoms with E-state index in [4.69, 9.17) is 4.98 Å². The minimum absolute atomic E-state index is 0.835. The number of hydrogen-bond donors (Lipinski definition) is 0. The van der Waals surface area contributed by atoms with Crippen molar-refractivity contribution in [3.63, 3.8) is 0 Å². The van der Waals surface area contributed by atoms with Crippen LogP contribution in [-0.2, 0) is 19.5 Å². The van der Waals surface area contributed by atoms with Gasteiger partial charge in [0.1, 0.15) is 0 Å². The summed E-state index contributed by atoms with van der Waals surface area (Å²) in [5, 5.41) is 3.69. The van der Waals surface area contributed by atoms with Crippen LogP contribution in [0.15, 0.2) is 66.2 Å². The van der Waals surface area contributed by atoms with Crippen LogP contribution in [0.3, 0.4) is 0 Å². The van der Waals surface area contributed by atoms with Crippen LogP contribution in [-0.4, -0.2) is 21.4 Å². The molecule has 0 N–H and O–H groups in total. The van der Waals surface area contributed by atoms with Crippen molar-refractivity contribution < 1.29 is 0 Å². The third-order valence-electron chi connectivity index (χ3n) is 5.00. The van der Waals surface area contributed by atoms with E-state index in [1.54, 1.807) is 0 Å². The van der Waals surface area contributed by atoms with E-state index in [0.717, 1.165) is 37.4 Å². The highest BCUT2D eigenvalue weighted by molar-refractivity contribution is 7.17. The Balaban J connectivity index is 1.37. The highest BCUT2D eigenvalue weighted by Gasteiger charge is 2.19. The number of fused-ring (bicyclic) bond motifs is 2.